The van der Waals surface area contributed by atoms with Gasteiger partial charge < -0.3 is 10.3 Å². The average Bonchev–Trinajstić information content (AvgIpc) is 2.79. The first-order valence-electron chi connectivity index (χ1n) is 5.83. The molecule has 100 valence electrons. The molecule has 1 heterocycles. The lowest BCUT2D eigenvalue weighted by Crippen LogP contribution is -2.31. The van der Waals surface area contributed by atoms with Crippen LogP contribution in [-0.4, -0.2) is 30.4 Å². The molecule has 0 spiro atoms. The molecule has 1 aromatic rings. The summed E-state index contributed by atoms with van der Waals surface area (Å²) in [6, 6.07) is 1.61. The van der Waals surface area contributed by atoms with Gasteiger partial charge in [0.1, 0.15) is 4.90 Å². The normalized spacial score (nSPS) is 11.7. The van der Waals surface area contributed by atoms with Crippen molar-refractivity contribution in [2.45, 2.75) is 31.8 Å². The molecule has 0 saturated carbocycles. The van der Waals surface area contributed by atoms with Gasteiger partial charge in [-0.1, -0.05) is 12.8 Å². The Bertz CT molecular complexity index is 519. The van der Waals surface area contributed by atoms with E-state index in [9.17, 15) is 8.42 Å². The van der Waals surface area contributed by atoms with Crippen LogP contribution in [0.25, 0.3) is 0 Å². The molecule has 1 aromatic heterocycles. The highest BCUT2D eigenvalue weighted by Gasteiger charge is 2.24. The topological polar surface area (TPSA) is 68.3 Å². The zero-order valence-corrected chi connectivity index (χ0v) is 11.6. The van der Waals surface area contributed by atoms with Crippen molar-refractivity contribution in [3.05, 3.63) is 18.0 Å². The van der Waals surface area contributed by atoms with E-state index in [0.29, 0.717) is 19.6 Å². The minimum atomic E-state index is -3.52. The average molecular weight is 269 g/mol. The lowest BCUT2D eigenvalue weighted by molar-refractivity contribution is 0.464. The van der Waals surface area contributed by atoms with E-state index in [2.05, 4.69) is 5.92 Å². The Morgan fingerprint density at radius 3 is 2.56 bits per heavy atom. The predicted molar refractivity (Wildman–Crippen MR) is 71.3 cm³/mol. The molecule has 0 bridgehead atoms. The monoisotopic (exact) mass is 269 g/mol. The smallest absolute Gasteiger partial charge is 0.245 e. The number of sulfonamides is 1. The Hall–Kier alpha value is -1.29. The molecule has 5 nitrogen and oxygen atoms in total. The first kappa shape index (κ1) is 14.8. The quantitative estimate of drug-likeness (QED) is 0.769. The van der Waals surface area contributed by atoms with Gasteiger partial charge in [0.15, 0.2) is 0 Å². The number of terminal acetylenes is 1. The first-order chi connectivity index (χ1) is 8.51. The molecule has 18 heavy (non-hydrogen) atoms. The van der Waals surface area contributed by atoms with Crippen LogP contribution in [0.2, 0.25) is 0 Å². The van der Waals surface area contributed by atoms with Crippen LogP contribution < -0.4 is 5.73 Å². The zero-order valence-electron chi connectivity index (χ0n) is 10.8. The highest BCUT2D eigenvalue weighted by molar-refractivity contribution is 7.89. The van der Waals surface area contributed by atoms with Crippen molar-refractivity contribution in [2.24, 2.45) is 5.73 Å². The Kier molecular flexibility index (Phi) is 4.96. The maximum atomic E-state index is 12.3. The van der Waals surface area contributed by atoms with E-state index < -0.39 is 10.0 Å². The maximum Gasteiger partial charge on any atom is 0.245 e. The van der Waals surface area contributed by atoms with Crippen molar-refractivity contribution in [2.75, 3.05) is 13.1 Å². The number of aryl methyl sites for hydroxylation is 1. The standard InChI is InChI=1S/C12H19N3O2S/c1-4-7-15(6-3)18(16,17)12-8-11(9-13)14(5-2)10-12/h1,8,10H,5-7,9,13H2,2-3H3. The largest absolute Gasteiger partial charge is 0.349 e. The van der Waals surface area contributed by atoms with Gasteiger partial charge in [-0.25, -0.2) is 8.42 Å². The minimum absolute atomic E-state index is 0.0775. The molecule has 0 amide bonds. The number of hydrogen-bond acceptors (Lipinski definition) is 3. The maximum absolute atomic E-state index is 12.3. The minimum Gasteiger partial charge on any atom is -0.349 e. The lowest BCUT2D eigenvalue weighted by atomic mass is 10.4. The summed E-state index contributed by atoms with van der Waals surface area (Å²) in [7, 11) is -3.52. The van der Waals surface area contributed by atoms with Gasteiger partial charge >= 0.3 is 0 Å². The van der Waals surface area contributed by atoms with Gasteiger partial charge in [0, 0.05) is 31.5 Å². The second-order valence-electron chi connectivity index (χ2n) is 3.79. The van der Waals surface area contributed by atoms with Crippen molar-refractivity contribution in [3.8, 4) is 12.3 Å². The number of nitrogens with zero attached hydrogens (tertiary/aromatic N) is 2. The van der Waals surface area contributed by atoms with Crippen LogP contribution in [0, 0.1) is 12.3 Å². The summed E-state index contributed by atoms with van der Waals surface area (Å²) in [4.78, 5) is 0.252. The fraction of sp³-hybridized carbons (Fsp3) is 0.500. The third-order valence-electron chi connectivity index (χ3n) is 2.77. The molecule has 0 saturated heterocycles. The second kappa shape index (κ2) is 6.05. The van der Waals surface area contributed by atoms with Crippen molar-refractivity contribution in [3.63, 3.8) is 0 Å². The van der Waals surface area contributed by atoms with E-state index in [4.69, 9.17) is 12.2 Å². The van der Waals surface area contributed by atoms with Crippen LogP contribution in [0.3, 0.4) is 0 Å². The molecule has 0 radical (unpaired) electrons. The summed E-state index contributed by atoms with van der Waals surface area (Å²) in [6.45, 7) is 5.12. The Labute approximate surface area is 109 Å². The summed E-state index contributed by atoms with van der Waals surface area (Å²) in [5.74, 6) is 2.36. The van der Waals surface area contributed by atoms with Gasteiger partial charge in [-0.3, -0.25) is 0 Å². The molecular weight excluding hydrogens is 250 g/mol. The van der Waals surface area contributed by atoms with Crippen LogP contribution in [0.15, 0.2) is 17.2 Å². The molecular formula is C12H19N3O2S. The summed E-state index contributed by atoms with van der Waals surface area (Å²) < 4.78 is 27.8. The van der Waals surface area contributed by atoms with Gasteiger partial charge in [0.05, 0.1) is 6.54 Å². The Morgan fingerprint density at radius 1 is 1.50 bits per heavy atom. The number of rotatable bonds is 6. The molecule has 0 atom stereocenters. The van der Waals surface area contributed by atoms with Gasteiger partial charge in [0.2, 0.25) is 10.0 Å². The van der Waals surface area contributed by atoms with Crippen LogP contribution >= 0.6 is 0 Å². The van der Waals surface area contributed by atoms with E-state index in [1.807, 2.05) is 11.5 Å². The van der Waals surface area contributed by atoms with Crippen molar-refractivity contribution < 1.29 is 8.42 Å². The fourth-order valence-electron chi connectivity index (χ4n) is 1.75. The first-order valence-corrected chi connectivity index (χ1v) is 7.27. The number of nitrogens with two attached hydrogens (primary N) is 1. The molecule has 0 aliphatic heterocycles. The van der Waals surface area contributed by atoms with Gasteiger partial charge in [-0.2, -0.15) is 4.31 Å². The molecule has 0 aliphatic carbocycles. The van der Waals surface area contributed by atoms with E-state index >= 15 is 0 Å². The zero-order chi connectivity index (χ0) is 13.8. The summed E-state index contributed by atoms with van der Waals surface area (Å²) in [5, 5.41) is 0. The summed E-state index contributed by atoms with van der Waals surface area (Å²) >= 11 is 0. The Balaban J connectivity index is 3.20. The molecule has 2 N–H and O–H groups in total. The molecule has 0 aromatic carbocycles. The highest BCUT2D eigenvalue weighted by Crippen LogP contribution is 2.18. The highest BCUT2D eigenvalue weighted by atomic mass is 32.2. The molecule has 0 fully saturated rings. The SMILES string of the molecule is C#CCN(CC)S(=O)(=O)c1cc(CN)n(CC)c1. The number of aromatic nitrogens is 1. The predicted octanol–water partition coefficient (Wildman–Crippen LogP) is 0.611. The van der Waals surface area contributed by atoms with Gasteiger partial charge in [-0.15, -0.1) is 6.42 Å². The summed E-state index contributed by atoms with van der Waals surface area (Å²) in [5.41, 5.74) is 6.39. The Morgan fingerprint density at radius 2 is 2.17 bits per heavy atom. The van der Waals surface area contributed by atoms with Gasteiger partial charge in [-0.05, 0) is 13.0 Å². The lowest BCUT2D eigenvalue weighted by Gasteiger charge is -2.16. The van der Waals surface area contributed by atoms with Gasteiger partial charge in [0.25, 0.3) is 0 Å². The summed E-state index contributed by atoms with van der Waals surface area (Å²) in [6.07, 6.45) is 6.79. The van der Waals surface area contributed by atoms with Crippen molar-refractivity contribution >= 4 is 10.0 Å². The molecule has 0 unspecified atom stereocenters. The molecule has 0 aliphatic rings. The van der Waals surface area contributed by atoms with Crippen molar-refractivity contribution in [1.29, 1.82) is 0 Å². The second-order valence-corrected chi connectivity index (χ2v) is 5.73. The van der Waals surface area contributed by atoms with Crippen LogP contribution in [0.4, 0.5) is 0 Å². The molecule has 1 rings (SSSR count). The van der Waals surface area contributed by atoms with Crippen LogP contribution in [0.5, 0.6) is 0 Å². The van der Waals surface area contributed by atoms with E-state index in [1.165, 1.54) is 4.31 Å². The third kappa shape index (κ3) is 2.75. The fourth-order valence-corrected chi connectivity index (χ4v) is 3.18. The number of hydrogen-bond donors (Lipinski definition) is 1. The van der Waals surface area contributed by atoms with E-state index in [-0.39, 0.29) is 11.4 Å². The van der Waals surface area contributed by atoms with Crippen molar-refractivity contribution in [1.82, 2.24) is 8.87 Å². The van der Waals surface area contributed by atoms with E-state index in [1.54, 1.807) is 19.2 Å². The van der Waals surface area contributed by atoms with Crippen LogP contribution in [-0.2, 0) is 23.1 Å². The molecule has 6 heteroatoms. The van der Waals surface area contributed by atoms with Crippen LogP contribution in [0.1, 0.15) is 19.5 Å². The third-order valence-corrected chi connectivity index (χ3v) is 4.65. The van der Waals surface area contributed by atoms with E-state index in [0.717, 1.165) is 5.69 Å².